The van der Waals surface area contributed by atoms with Crippen molar-refractivity contribution < 1.29 is 4.79 Å². The van der Waals surface area contributed by atoms with Gasteiger partial charge in [0.05, 0.1) is 5.56 Å². The molecule has 86 valence electrons. The summed E-state index contributed by atoms with van der Waals surface area (Å²) in [5.74, 6) is 0.0876. The molecule has 16 heavy (non-hydrogen) atoms. The largest absolute Gasteiger partial charge is 0.328 e. The van der Waals surface area contributed by atoms with E-state index in [2.05, 4.69) is 4.98 Å². The van der Waals surface area contributed by atoms with Crippen LogP contribution >= 0.6 is 0 Å². The van der Waals surface area contributed by atoms with Crippen LogP contribution in [-0.2, 0) is 6.54 Å². The van der Waals surface area contributed by atoms with Crippen LogP contribution in [0, 0.1) is 5.92 Å². The Morgan fingerprint density at radius 1 is 1.50 bits per heavy atom. The zero-order valence-corrected chi connectivity index (χ0v) is 9.16. The number of rotatable bonds is 3. The highest BCUT2D eigenvalue weighted by Crippen LogP contribution is 2.26. The van der Waals surface area contributed by atoms with Crippen LogP contribution in [0.15, 0.2) is 15.8 Å². The Kier molecular flexibility index (Phi) is 2.77. The molecule has 1 saturated carbocycles. The van der Waals surface area contributed by atoms with Crippen LogP contribution in [0.4, 0.5) is 0 Å². The summed E-state index contributed by atoms with van der Waals surface area (Å²) >= 11 is 0. The number of hydrogen-bond donors (Lipinski definition) is 1. The fraction of sp³-hybridized carbons (Fsp3) is 0.545. The molecule has 5 nitrogen and oxygen atoms in total. The van der Waals surface area contributed by atoms with Gasteiger partial charge in [0.25, 0.3) is 5.56 Å². The van der Waals surface area contributed by atoms with Gasteiger partial charge in [0.15, 0.2) is 5.78 Å². The summed E-state index contributed by atoms with van der Waals surface area (Å²) in [6.07, 6.45) is 4.46. The first-order chi connectivity index (χ1) is 7.59. The zero-order valence-electron chi connectivity index (χ0n) is 9.16. The maximum atomic E-state index is 11.8. The SMILES string of the molecule is CC(=O)c1c[nH]c(=O)n(CC2CCC2)c1=O. The Bertz CT molecular complexity index is 523. The summed E-state index contributed by atoms with van der Waals surface area (Å²) in [6, 6.07) is 0. The fourth-order valence-corrected chi connectivity index (χ4v) is 1.86. The third-order valence-electron chi connectivity index (χ3n) is 3.11. The molecule has 2 rings (SSSR count). The van der Waals surface area contributed by atoms with Gasteiger partial charge in [0.2, 0.25) is 0 Å². The number of aromatic amines is 1. The number of Topliss-reactive ketones (excluding diaryl/α,β-unsaturated/α-hetero) is 1. The van der Waals surface area contributed by atoms with Gasteiger partial charge in [-0.3, -0.25) is 14.2 Å². The Hall–Kier alpha value is -1.65. The lowest BCUT2D eigenvalue weighted by Gasteiger charge is -2.25. The van der Waals surface area contributed by atoms with Crippen molar-refractivity contribution in [3.8, 4) is 0 Å². The van der Waals surface area contributed by atoms with Crippen LogP contribution in [0.1, 0.15) is 36.5 Å². The summed E-state index contributed by atoms with van der Waals surface area (Å²) in [5.41, 5.74) is -0.844. The average molecular weight is 222 g/mol. The summed E-state index contributed by atoms with van der Waals surface area (Å²) in [4.78, 5) is 36.9. The Morgan fingerprint density at radius 2 is 2.19 bits per heavy atom. The number of nitrogens with one attached hydrogen (secondary N) is 1. The van der Waals surface area contributed by atoms with Crippen LogP contribution in [0.2, 0.25) is 0 Å². The van der Waals surface area contributed by atoms with Gasteiger partial charge in [0.1, 0.15) is 0 Å². The predicted molar refractivity (Wildman–Crippen MR) is 58.7 cm³/mol. The molecule has 0 aliphatic heterocycles. The van der Waals surface area contributed by atoms with Crippen LogP contribution in [0.5, 0.6) is 0 Å². The lowest BCUT2D eigenvalue weighted by molar-refractivity contribution is 0.101. The van der Waals surface area contributed by atoms with Gasteiger partial charge in [-0.2, -0.15) is 0 Å². The average Bonchev–Trinajstić information content (AvgIpc) is 2.14. The molecule has 1 fully saturated rings. The second kappa shape index (κ2) is 4.08. The molecule has 5 heteroatoms. The molecule has 1 aromatic rings. The van der Waals surface area contributed by atoms with Gasteiger partial charge >= 0.3 is 5.69 Å². The van der Waals surface area contributed by atoms with Crippen LogP contribution < -0.4 is 11.2 Å². The molecule has 0 bridgehead atoms. The molecule has 1 aliphatic carbocycles. The smallest absolute Gasteiger partial charge is 0.313 e. The number of nitrogens with zero attached hydrogens (tertiary/aromatic N) is 1. The molecular weight excluding hydrogens is 208 g/mol. The van der Waals surface area contributed by atoms with E-state index in [0.29, 0.717) is 12.5 Å². The highest BCUT2D eigenvalue weighted by atomic mass is 16.2. The lowest BCUT2D eigenvalue weighted by atomic mass is 9.85. The van der Waals surface area contributed by atoms with Crippen LogP contribution in [0.25, 0.3) is 0 Å². The van der Waals surface area contributed by atoms with E-state index in [1.807, 2.05) is 0 Å². The monoisotopic (exact) mass is 222 g/mol. The van der Waals surface area contributed by atoms with Crippen molar-refractivity contribution in [2.24, 2.45) is 5.92 Å². The second-order valence-corrected chi connectivity index (χ2v) is 4.28. The number of aromatic nitrogens is 2. The van der Waals surface area contributed by atoms with Gasteiger partial charge in [-0.1, -0.05) is 6.42 Å². The van der Waals surface area contributed by atoms with Crippen molar-refractivity contribution in [1.29, 1.82) is 0 Å². The summed E-state index contributed by atoms with van der Waals surface area (Å²) < 4.78 is 1.14. The lowest BCUT2D eigenvalue weighted by Crippen LogP contribution is -2.40. The first-order valence-corrected chi connectivity index (χ1v) is 5.43. The highest BCUT2D eigenvalue weighted by Gasteiger charge is 2.20. The van der Waals surface area contributed by atoms with Crippen molar-refractivity contribution >= 4 is 5.78 Å². The maximum absolute atomic E-state index is 11.8. The standard InChI is InChI=1S/C11H14N2O3/c1-7(14)9-5-12-11(16)13(10(9)15)6-8-3-2-4-8/h5,8H,2-4,6H2,1H3,(H,12,16). The van der Waals surface area contributed by atoms with Gasteiger partial charge in [-0.25, -0.2) is 4.79 Å². The minimum Gasteiger partial charge on any atom is -0.313 e. The van der Waals surface area contributed by atoms with Crippen molar-refractivity contribution in [2.45, 2.75) is 32.7 Å². The van der Waals surface area contributed by atoms with E-state index in [0.717, 1.165) is 23.8 Å². The Labute approximate surface area is 92.1 Å². The number of carbonyl (C=O) groups excluding carboxylic acids is 1. The van der Waals surface area contributed by atoms with Gasteiger partial charge in [0, 0.05) is 12.7 Å². The molecule has 1 aromatic heterocycles. The highest BCUT2D eigenvalue weighted by molar-refractivity contribution is 5.93. The van der Waals surface area contributed by atoms with Crippen LogP contribution in [0.3, 0.4) is 0 Å². The molecule has 0 atom stereocenters. The minimum absolute atomic E-state index is 0.0546. The fourth-order valence-electron chi connectivity index (χ4n) is 1.86. The van der Waals surface area contributed by atoms with Crippen molar-refractivity contribution in [1.82, 2.24) is 9.55 Å². The van der Waals surface area contributed by atoms with E-state index in [9.17, 15) is 14.4 Å². The first kappa shape index (κ1) is 10.9. The van der Waals surface area contributed by atoms with E-state index in [1.54, 1.807) is 0 Å². The molecule has 0 saturated heterocycles. The van der Waals surface area contributed by atoms with E-state index in [4.69, 9.17) is 0 Å². The number of H-pyrrole nitrogens is 1. The Balaban J connectivity index is 2.41. The predicted octanol–water partition coefficient (Wildman–Crippen LogP) is 0.539. The van der Waals surface area contributed by atoms with E-state index < -0.39 is 11.2 Å². The first-order valence-electron chi connectivity index (χ1n) is 5.43. The molecule has 0 radical (unpaired) electrons. The van der Waals surface area contributed by atoms with Crippen molar-refractivity contribution in [2.75, 3.05) is 0 Å². The molecule has 0 spiro atoms. The number of hydrogen-bond acceptors (Lipinski definition) is 3. The zero-order chi connectivity index (χ0) is 11.7. The topological polar surface area (TPSA) is 71.9 Å². The van der Waals surface area contributed by atoms with E-state index in [-0.39, 0.29) is 11.3 Å². The number of carbonyl (C=O) groups is 1. The normalized spacial score (nSPS) is 15.8. The summed E-state index contributed by atoms with van der Waals surface area (Å²) in [5, 5.41) is 0. The van der Waals surface area contributed by atoms with Gasteiger partial charge < -0.3 is 4.98 Å². The van der Waals surface area contributed by atoms with E-state index >= 15 is 0 Å². The van der Waals surface area contributed by atoms with Crippen molar-refractivity contribution in [3.05, 3.63) is 32.6 Å². The maximum Gasteiger partial charge on any atom is 0.328 e. The van der Waals surface area contributed by atoms with E-state index in [1.165, 1.54) is 13.1 Å². The molecule has 0 amide bonds. The minimum atomic E-state index is -0.469. The van der Waals surface area contributed by atoms with Crippen LogP contribution in [-0.4, -0.2) is 15.3 Å². The van der Waals surface area contributed by atoms with Gasteiger partial charge in [-0.05, 0) is 25.7 Å². The Morgan fingerprint density at radius 3 is 2.69 bits per heavy atom. The van der Waals surface area contributed by atoms with Gasteiger partial charge in [-0.15, -0.1) is 0 Å². The molecular formula is C11H14N2O3. The number of ketones is 1. The molecule has 1 aliphatic rings. The third-order valence-corrected chi connectivity index (χ3v) is 3.11. The summed E-state index contributed by atoms with van der Waals surface area (Å²) in [6.45, 7) is 1.75. The summed E-state index contributed by atoms with van der Waals surface area (Å²) in [7, 11) is 0. The molecule has 0 unspecified atom stereocenters. The quantitative estimate of drug-likeness (QED) is 0.759. The molecule has 0 aromatic carbocycles. The van der Waals surface area contributed by atoms with Crippen molar-refractivity contribution in [3.63, 3.8) is 0 Å². The second-order valence-electron chi connectivity index (χ2n) is 4.28. The molecule has 1 heterocycles. The molecule has 1 N–H and O–H groups in total. The third kappa shape index (κ3) is 1.85.